The van der Waals surface area contributed by atoms with Gasteiger partial charge in [0.2, 0.25) is 0 Å². The number of rotatable bonds is 8. The van der Waals surface area contributed by atoms with Crippen molar-refractivity contribution in [3.8, 4) is 0 Å². The van der Waals surface area contributed by atoms with Gasteiger partial charge in [0, 0.05) is 18.2 Å². The van der Waals surface area contributed by atoms with Crippen LogP contribution in [0.5, 0.6) is 0 Å². The first-order chi connectivity index (χ1) is 8.69. The van der Waals surface area contributed by atoms with Gasteiger partial charge in [0.15, 0.2) is 0 Å². The molecule has 0 aliphatic heterocycles. The summed E-state index contributed by atoms with van der Waals surface area (Å²) in [5.74, 6) is 1.97. The van der Waals surface area contributed by atoms with Crippen LogP contribution in [0.1, 0.15) is 56.6 Å². The van der Waals surface area contributed by atoms with E-state index < -0.39 is 0 Å². The molecule has 1 unspecified atom stereocenters. The number of nitrogens with one attached hydrogen (secondary N) is 1. The summed E-state index contributed by atoms with van der Waals surface area (Å²) in [4.78, 5) is 0. The molecule has 0 amide bonds. The first-order valence-corrected chi connectivity index (χ1v) is 7.12. The van der Waals surface area contributed by atoms with Gasteiger partial charge in [-0.15, -0.1) is 0 Å². The van der Waals surface area contributed by atoms with Gasteiger partial charge in [0.05, 0.1) is 6.10 Å². The van der Waals surface area contributed by atoms with Crippen molar-refractivity contribution in [1.29, 1.82) is 0 Å². The Morgan fingerprint density at radius 1 is 1.50 bits per heavy atom. The molecule has 2 rings (SSSR count). The van der Waals surface area contributed by atoms with Gasteiger partial charge in [0.1, 0.15) is 18.1 Å². The monoisotopic (exact) mass is 251 g/mol. The lowest BCUT2D eigenvalue weighted by Gasteiger charge is -2.09. The molecule has 0 radical (unpaired) electrons. The Balaban J connectivity index is 1.79. The fourth-order valence-electron chi connectivity index (χ4n) is 2.09. The van der Waals surface area contributed by atoms with Crippen LogP contribution in [-0.2, 0) is 17.9 Å². The highest BCUT2D eigenvalue weighted by atomic mass is 16.5. The van der Waals surface area contributed by atoms with Crippen molar-refractivity contribution in [3.05, 3.63) is 23.2 Å². The minimum atomic E-state index is 0.313. The standard InChI is InChI=1S/C15H25NO2/c1-4-5-11(2)17-10-15-8-13(12(3)18-15)9-16-14-6-7-14/h8,11,14,16H,4-7,9-10H2,1-3H3. The third-order valence-electron chi connectivity index (χ3n) is 3.44. The minimum Gasteiger partial charge on any atom is -0.464 e. The molecule has 0 saturated heterocycles. The largest absolute Gasteiger partial charge is 0.464 e. The molecule has 1 fully saturated rings. The van der Waals surface area contributed by atoms with E-state index in [0.717, 1.165) is 36.9 Å². The second-order valence-electron chi connectivity index (χ2n) is 5.36. The second-order valence-corrected chi connectivity index (χ2v) is 5.36. The first kappa shape index (κ1) is 13.6. The van der Waals surface area contributed by atoms with Gasteiger partial charge in [-0.25, -0.2) is 0 Å². The maximum Gasteiger partial charge on any atom is 0.130 e. The molecule has 0 aromatic carbocycles. The van der Waals surface area contributed by atoms with Gasteiger partial charge in [-0.05, 0) is 39.2 Å². The van der Waals surface area contributed by atoms with E-state index in [4.69, 9.17) is 9.15 Å². The molecular weight excluding hydrogens is 226 g/mol. The molecule has 1 aliphatic carbocycles. The lowest BCUT2D eigenvalue weighted by atomic mass is 10.2. The van der Waals surface area contributed by atoms with Crippen molar-refractivity contribution in [2.75, 3.05) is 0 Å². The van der Waals surface area contributed by atoms with E-state index >= 15 is 0 Å². The summed E-state index contributed by atoms with van der Waals surface area (Å²) in [6.07, 6.45) is 5.22. The Kier molecular flexibility index (Phi) is 4.84. The first-order valence-electron chi connectivity index (χ1n) is 7.12. The predicted octanol–water partition coefficient (Wildman–Crippen LogP) is 3.55. The maximum atomic E-state index is 5.76. The van der Waals surface area contributed by atoms with Crippen LogP contribution in [-0.4, -0.2) is 12.1 Å². The van der Waals surface area contributed by atoms with Crippen LogP contribution < -0.4 is 5.32 Å². The van der Waals surface area contributed by atoms with E-state index in [1.165, 1.54) is 18.4 Å². The third-order valence-corrected chi connectivity index (χ3v) is 3.44. The molecule has 1 aromatic rings. The molecule has 0 bridgehead atoms. The number of furan rings is 1. The quantitative estimate of drug-likeness (QED) is 0.767. The van der Waals surface area contributed by atoms with E-state index in [2.05, 4.69) is 25.2 Å². The Morgan fingerprint density at radius 2 is 2.28 bits per heavy atom. The van der Waals surface area contributed by atoms with Crippen molar-refractivity contribution < 1.29 is 9.15 Å². The fraction of sp³-hybridized carbons (Fsp3) is 0.733. The summed E-state index contributed by atoms with van der Waals surface area (Å²) in [6, 6.07) is 2.87. The molecular formula is C15H25NO2. The third kappa shape index (κ3) is 4.14. The lowest BCUT2D eigenvalue weighted by molar-refractivity contribution is 0.0369. The van der Waals surface area contributed by atoms with Crippen molar-refractivity contribution in [3.63, 3.8) is 0 Å². The van der Waals surface area contributed by atoms with Crippen LogP contribution in [0.3, 0.4) is 0 Å². The van der Waals surface area contributed by atoms with Gasteiger partial charge >= 0.3 is 0 Å². The SMILES string of the molecule is CCCC(C)OCc1cc(CNC2CC2)c(C)o1. The van der Waals surface area contributed by atoms with Gasteiger partial charge < -0.3 is 14.5 Å². The maximum absolute atomic E-state index is 5.76. The molecule has 3 nitrogen and oxygen atoms in total. The van der Waals surface area contributed by atoms with E-state index in [1.807, 2.05) is 6.92 Å². The molecule has 3 heteroatoms. The molecule has 1 atom stereocenters. The van der Waals surface area contributed by atoms with Crippen molar-refractivity contribution >= 4 is 0 Å². The molecule has 1 N–H and O–H groups in total. The topological polar surface area (TPSA) is 34.4 Å². The molecule has 1 saturated carbocycles. The highest BCUT2D eigenvalue weighted by Gasteiger charge is 2.21. The molecule has 18 heavy (non-hydrogen) atoms. The van der Waals surface area contributed by atoms with E-state index in [9.17, 15) is 0 Å². The van der Waals surface area contributed by atoms with Crippen LogP contribution in [0.25, 0.3) is 0 Å². The van der Waals surface area contributed by atoms with Crippen LogP contribution in [0.2, 0.25) is 0 Å². The van der Waals surface area contributed by atoms with E-state index in [-0.39, 0.29) is 0 Å². The number of hydrogen-bond donors (Lipinski definition) is 1. The highest BCUT2D eigenvalue weighted by molar-refractivity contribution is 5.20. The predicted molar refractivity (Wildman–Crippen MR) is 72.5 cm³/mol. The van der Waals surface area contributed by atoms with Gasteiger partial charge in [-0.3, -0.25) is 0 Å². The average Bonchev–Trinajstić information content (AvgIpc) is 3.09. The smallest absolute Gasteiger partial charge is 0.130 e. The summed E-state index contributed by atoms with van der Waals surface area (Å²) in [6.45, 7) is 7.84. The van der Waals surface area contributed by atoms with Gasteiger partial charge in [-0.2, -0.15) is 0 Å². The van der Waals surface area contributed by atoms with Gasteiger partial charge in [0.25, 0.3) is 0 Å². The zero-order valence-corrected chi connectivity index (χ0v) is 11.8. The van der Waals surface area contributed by atoms with E-state index in [0.29, 0.717) is 12.7 Å². The zero-order chi connectivity index (χ0) is 13.0. The Labute approximate surface area is 110 Å². The van der Waals surface area contributed by atoms with Gasteiger partial charge in [-0.1, -0.05) is 13.3 Å². The van der Waals surface area contributed by atoms with Crippen LogP contribution >= 0.6 is 0 Å². The normalized spacial score (nSPS) is 17.1. The second kappa shape index (κ2) is 6.39. The Bertz CT molecular complexity index is 369. The number of ether oxygens (including phenoxy) is 1. The molecule has 1 aromatic heterocycles. The van der Waals surface area contributed by atoms with Crippen LogP contribution in [0.15, 0.2) is 10.5 Å². The summed E-state index contributed by atoms with van der Waals surface area (Å²) < 4.78 is 11.5. The van der Waals surface area contributed by atoms with Crippen LogP contribution in [0.4, 0.5) is 0 Å². The van der Waals surface area contributed by atoms with Crippen LogP contribution in [0, 0.1) is 6.92 Å². The summed E-state index contributed by atoms with van der Waals surface area (Å²) in [7, 11) is 0. The highest BCUT2D eigenvalue weighted by Crippen LogP contribution is 2.21. The van der Waals surface area contributed by atoms with Crippen molar-refractivity contribution in [1.82, 2.24) is 5.32 Å². The number of hydrogen-bond acceptors (Lipinski definition) is 3. The Morgan fingerprint density at radius 3 is 2.94 bits per heavy atom. The number of aryl methyl sites for hydroxylation is 1. The Hall–Kier alpha value is -0.800. The lowest BCUT2D eigenvalue weighted by Crippen LogP contribution is -2.15. The summed E-state index contributed by atoms with van der Waals surface area (Å²) in [5.41, 5.74) is 1.27. The van der Waals surface area contributed by atoms with E-state index in [1.54, 1.807) is 0 Å². The molecule has 1 heterocycles. The van der Waals surface area contributed by atoms with Crippen molar-refractivity contribution in [2.45, 2.75) is 71.8 Å². The summed E-state index contributed by atoms with van der Waals surface area (Å²) >= 11 is 0. The van der Waals surface area contributed by atoms with Crippen molar-refractivity contribution in [2.24, 2.45) is 0 Å². The zero-order valence-electron chi connectivity index (χ0n) is 11.8. The fourth-order valence-corrected chi connectivity index (χ4v) is 2.09. The molecule has 0 spiro atoms. The average molecular weight is 251 g/mol. The molecule has 1 aliphatic rings. The molecule has 102 valence electrons. The summed E-state index contributed by atoms with van der Waals surface area (Å²) in [5, 5.41) is 3.51. The minimum absolute atomic E-state index is 0.313.